The molecule has 1 aromatic carbocycles. The van der Waals surface area contributed by atoms with E-state index in [0.29, 0.717) is 30.0 Å². The van der Waals surface area contributed by atoms with Gasteiger partial charge in [-0.05, 0) is 30.3 Å². The molecule has 104 valence electrons. The van der Waals surface area contributed by atoms with Gasteiger partial charge >= 0.3 is 0 Å². The normalized spacial score (nSPS) is 10.1. The van der Waals surface area contributed by atoms with Crippen LogP contribution in [0.2, 0.25) is 0 Å². The first-order valence-corrected chi connectivity index (χ1v) is 6.32. The van der Waals surface area contributed by atoms with Gasteiger partial charge in [-0.2, -0.15) is 0 Å². The largest absolute Gasteiger partial charge is 0.497 e. The third kappa shape index (κ3) is 3.47. The summed E-state index contributed by atoms with van der Waals surface area (Å²) in [5.41, 5.74) is 7.59. The molecule has 0 radical (unpaired) electrons. The van der Waals surface area contributed by atoms with Crippen molar-refractivity contribution in [2.24, 2.45) is 0 Å². The van der Waals surface area contributed by atoms with Crippen molar-refractivity contribution in [2.75, 3.05) is 19.4 Å². The van der Waals surface area contributed by atoms with Crippen molar-refractivity contribution < 1.29 is 9.53 Å². The fourth-order valence-corrected chi connectivity index (χ4v) is 1.80. The fraction of sp³-hybridized carbons (Fsp3) is 0.200. The number of ether oxygens (including phenoxy) is 1. The third-order valence-corrected chi connectivity index (χ3v) is 2.90. The average molecular weight is 271 g/mol. The summed E-state index contributed by atoms with van der Waals surface area (Å²) in [4.78, 5) is 16.3. The van der Waals surface area contributed by atoms with Crippen LogP contribution in [0.1, 0.15) is 16.1 Å². The highest BCUT2D eigenvalue weighted by atomic mass is 16.5. The second-order valence-corrected chi connectivity index (χ2v) is 4.28. The Hall–Kier alpha value is -2.56. The number of nitrogen functional groups attached to an aromatic ring is 1. The van der Waals surface area contributed by atoms with E-state index in [1.165, 1.54) is 0 Å². The molecule has 0 spiro atoms. The predicted octanol–water partition coefficient (Wildman–Crippen LogP) is 1.64. The minimum Gasteiger partial charge on any atom is -0.497 e. The molecule has 1 amide bonds. The Bertz CT molecular complexity index is 585. The molecule has 20 heavy (non-hydrogen) atoms. The van der Waals surface area contributed by atoms with Crippen molar-refractivity contribution in [2.45, 2.75) is 6.42 Å². The lowest BCUT2D eigenvalue weighted by molar-refractivity contribution is 0.0954. The van der Waals surface area contributed by atoms with Crippen LogP contribution in [-0.4, -0.2) is 24.5 Å². The van der Waals surface area contributed by atoms with Crippen molar-refractivity contribution >= 4 is 11.6 Å². The maximum absolute atomic E-state index is 12.1. The number of benzene rings is 1. The second kappa shape index (κ2) is 6.56. The Morgan fingerprint density at radius 1 is 1.35 bits per heavy atom. The number of pyridine rings is 1. The maximum atomic E-state index is 12.1. The van der Waals surface area contributed by atoms with E-state index in [0.717, 1.165) is 5.69 Å². The highest BCUT2D eigenvalue weighted by Crippen LogP contribution is 2.19. The van der Waals surface area contributed by atoms with E-state index in [1.54, 1.807) is 31.5 Å². The van der Waals surface area contributed by atoms with Crippen molar-refractivity contribution in [3.8, 4) is 5.75 Å². The summed E-state index contributed by atoms with van der Waals surface area (Å²) in [6.07, 6.45) is 2.41. The molecule has 2 aromatic rings. The summed E-state index contributed by atoms with van der Waals surface area (Å²) < 4.78 is 5.09. The van der Waals surface area contributed by atoms with Gasteiger partial charge in [0.25, 0.3) is 5.91 Å². The number of nitrogens with zero attached hydrogens (tertiary/aromatic N) is 1. The van der Waals surface area contributed by atoms with Crippen LogP contribution in [0.3, 0.4) is 0 Å². The molecule has 0 fully saturated rings. The molecular weight excluding hydrogens is 254 g/mol. The Kier molecular flexibility index (Phi) is 4.55. The number of carbonyl (C=O) groups excluding carboxylic acids is 1. The number of hydrogen-bond acceptors (Lipinski definition) is 4. The highest BCUT2D eigenvalue weighted by Gasteiger charge is 2.10. The standard InChI is InChI=1S/C15H17N3O2/c1-20-12-5-6-14(16)13(10-12)15(19)18-9-7-11-4-2-3-8-17-11/h2-6,8,10H,7,9,16H2,1H3,(H,18,19). The average Bonchev–Trinajstić information content (AvgIpc) is 2.48. The molecule has 0 aliphatic carbocycles. The van der Waals surface area contributed by atoms with Gasteiger partial charge < -0.3 is 15.8 Å². The molecule has 0 unspecified atom stereocenters. The van der Waals surface area contributed by atoms with Gasteiger partial charge in [0.15, 0.2) is 0 Å². The molecule has 0 saturated heterocycles. The molecule has 1 heterocycles. The Morgan fingerprint density at radius 3 is 2.90 bits per heavy atom. The van der Waals surface area contributed by atoms with E-state index in [9.17, 15) is 4.79 Å². The van der Waals surface area contributed by atoms with Crippen LogP contribution < -0.4 is 15.8 Å². The van der Waals surface area contributed by atoms with Crippen LogP contribution >= 0.6 is 0 Å². The van der Waals surface area contributed by atoms with Gasteiger partial charge in [0.05, 0.1) is 12.7 Å². The van der Waals surface area contributed by atoms with Crippen LogP contribution in [0, 0.1) is 0 Å². The van der Waals surface area contributed by atoms with E-state index in [4.69, 9.17) is 10.5 Å². The molecule has 1 aromatic heterocycles. The zero-order valence-corrected chi connectivity index (χ0v) is 11.3. The van der Waals surface area contributed by atoms with Crippen molar-refractivity contribution in [1.29, 1.82) is 0 Å². The van der Waals surface area contributed by atoms with Gasteiger partial charge in [0.2, 0.25) is 0 Å². The topological polar surface area (TPSA) is 77.2 Å². The maximum Gasteiger partial charge on any atom is 0.253 e. The van der Waals surface area contributed by atoms with Crippen LogP contribution in [-0.2, 0) is 6.42 Å². The first-order valence-electron chi connectivity index (χ1n) is 6.32. The number of anilines is 1. The summed E-state index contributed by atoms with van der Waals surface area (Å²) in [7, 11) is 1.55. The number of carbonyl (C=O) groups is 1. The van der Waals surface area contributed by atoms with Crippen molar-refractivity contribution in [1.82, 2.24) is 10.3 Å². The van der Waals surface area contributed by atoms with Gasteiger partial charge in [-0.1, -0.05) is 6.07 Å². The number of nitrogens with one attached hydrogen (secondary N) is 1. The Labute approximate surface area is 117 Å². The number of aromatic nitrogens is 1. The van der Waals surface area contributed by atoms with Crippen LogP contribution in [0.15, 0.2) is 42.6 Å². The van der Waals surface area contributed by atoms with Gasteiger partial charge in [0.1, 0.15) is 5.75 Å². The van der Waals surface area contributed by atoms with E-state index in [1.807, 2.05) is 18.2 Å². The Morgan fingerprint density at radius 2 is 2.20 bits per heavy atom. The molecule has 0 atom stereocenters. The third-order valence-electron chi connectivity index (χ3n) is 2.90. The zero-order chi connectivity index (χ0) is 14.4. The molecule has 5 heteroatoms. The fourth-order valence-electron chi connectivity index (χ4n) is 1.80. The van der Waals surface area contributed by atoms with Gasteiger partial charge in [-0.15, -0.1) is 0 Å². The summed E-state index contributed by atoms with van der Waals surface area (Å²) in [5.74, 6) is 0.395. The van der Waals surface area contributed by atoms with Crippen LogP contribution in [0.4, 0.5) is 5.69 Å². The SMILES string of the molecule is COc1ccc(N)c(C(=O)NCCc2ccccn2)c1. The van der Waals surface area contributed by atoms with Crippen molar-refractivity contribution in [3.63, 3.8) is 0 Å². The van der Waals surface area contributed by atoms with E-state index in [2.05, 4.69) is 10.3 Å². The number of methoxy groups -OCH3 is 1. The lowest BCUT2D eigenvalue weighted by atomic mass is 10.1. The Balaban J connectivity index is 1.95. The number of nitrogens with two attached hydrogens (primary N) is 1. The van der Waals surface area contributed by atoms with Crippen LogP contribution in [0.5, 0.6) is 5.75 Å². The lowest BCUT2D eigenvalue weighted by Crippen LogP contribution is -2.26. The summed E-state index contributed by atoms with van der Waals surface area (Å²) in [6, 6.07) is 10.7. The molecule has 0 saturated carbocycles. The van der Waals surface area contributed by atoms with Gasteiger partial charge in [0, 0.05) is 30.5 Å². The number of hydrogen-bond donors (Lipinski definition) is 2. The first kappa shape index (κ1) is 13.9. The van der Waals surface area contributed by atoms with Gasteiger partial charge in [-0.25, -0.2) is 0 Å². The number of amides is 1. The lowest BCUT2D eigenvalue weighted by Gasteiger charge is -2.09. The van der Waals surface area contributed by atoms with Crippen LogP contribution in [0.25, 0.3) is 0 Å². The van der Waals surface area contributed by atoms with E-state index < -0.39 is 0 Å². The van der Waals surface area contributed by atoms with Gasteiger partial charge in [-0.3, -0.25) is 9.78 Å². The molecule has 0 aliphatic rings. The predicted molar refractivity (Wildman–Crippen MR) is 77.7 cm³/mol. The minimum atomic E-state index is -0.211. The molecule has 5 nitrogen and oxygen atoms in total. The van der Waals surface area contributed by atoms with E-state index in [-0.39, 0.29) is 5.91 Å². The summed E-state index contributed by atoms with van der Waals surface area (Å²) >= 11 is 0. The molecular formula is C15H17N3O2. The number of rotatable bonds is 5. The summed E-state index contributed by atoms with van der Waals surface area (Å²) in [6.45, 7) is 0.506. The molecule has 3 N–H and O–H groups in total. The monoisotopic (exact) mass is 271 g/mol. The second-order valence-electron chi connectivity index (χ2n) is 4.28. The smallest absolute Gasteiger partial charge is 0.253 e. The highest BCUT2D eigenvalue weighted by molar-refractivity contribution is 5.99. The first-order chi connectivity index (χ1) is 9.70. The van der Waals surface area contributed by atoms with E-state index >= 15 is 0 Å². The molecule has 2 rings (SSSR count). The quantitative estimate of drug-likeness (QED) is 0.810. The molecule has 0 aliphatic heterocycles. The molecule has 0 bridgehead atoms. The minimum absolute atomic E-state index is 0.211. The van der Waals surface area contributed by atoms with Crippen molar-refractivity contribution in [3.05, 3.63) is 53.9 Å². The zero-order valence-electron chi connectivity index (χ0n) is 11.3. The summed E-state index contributed by atoms with van der Waals surface area (Å²) in [5, 5.41) is 2.83.